The van der Waals surface area contributed by atoms with Gasteiger partial charge in [-0.05, 0) is 64.2 Å². The van der Waals surface area contributed by atoms with E-state index in [1.807, 2.05) is 45.2 Å². The summed E-state index contributed by atoms with van der Waals surface area (Å²) in [6.07, 6.45) is -1.24. The Bertz CT molecular complexity index is 518. The highest BCUT2D eigenvalue weighted by molar-refractivity contribution is 14.1. The molecule has 2 atom stereocenters. The summed E-state index contributed by atoms with van der Waals surface area (Å²) in [5.74, 6) is -2.31. The number of aliphatic hydroxyl groups excluding tert-OH is 1. The summed E-state index contributed by atoms with van der Waals surface area (Å²) in [5, 5.41) is 30.1. The average Bonchev–Trinajstić information content (AvgIpc) is 2.29. The third-order valence-corrected chi connectivity index (χ3v) is 3.75. The number of carbonyl (C=O) groups is 2. The number of carboxylic acid groups (broad SMARTS) is 1. The number of aliphatic carboxylic acids is 1. The Kier molecular flexibility index (Phi) is 5.80. The maximum absolute atomic E-state index is 11.9. The average molecular weight is 491 g/mol. The van der Waals surface area contributed by atoms with Gasteiger partial charge in [-0.15, -0.1) is 0 Å². The van der Waals surface area contributed by atoms with Crippen LogP contribution in [0.1, 0.15) is 17.3 Å². The number of benzene rings is 1. The van der Waals surface area contributed by atoms with Gasteiger partial charge >= 0.3 is 5.97 Å². The molecule has 0 saturated carbocycles. The minimum Gasteiger partial charge on any atom is -0.506 e. The minimum absolute atomic E-state index is 0.0248. The minimum atomic E-state index is -1.43. The fourth-order valence-electron chi connectivity index (χ4n) is 1.35. The number of aliphatic hydroxyl groups is 1. The lowest BCUT2D eigenvalue weighted by Crippen LogP contribution is -2.47. The summed E-state index contributed by atoms with van der Waals surface area (Å²) in [6.45, 7) is 1.26. The quantitative estimate of drug-likeness (QED) is 0.474. The van der Waals surface area contributed by atoms with Crippen LogP contribution in [0.15, 0.2) is 12.1 Å². The Labute approximate surface area is 136 Å². The van der Waals surface area contributed by atoms with Crippen molar-refractivity contribution in [1.82, 2.24) is 5.32 Å². The van der Waals surface area contributed by atoms with Crippen LogP contribution in [0.5, 0.6) is 5.75 Å². The van der Waals surface area contributed by atoms with Crippen LogP contribution in [0.3, 0.4) is 0 Å². The molecule has 2 unspecified atom stereocenters. The zero-order valence-electron chi connectivity index (χ0n) is 9.72. The summed E-state index contributed by atoms with van der Waals surface area (Å²) >= 11 is 3.85. The highest BCUT2D eigenvalue weighted by Gasteiger charge is 2.26. The number of halogens is 2. The standard InChI is InChI=1S/C11H11I2NO5/c1-4(15)8(11(18)19)14-10(17)6-2-5(12)3-7(13)9(6)16/h2-4,8,15-16H,1H3,(H,14,17)(H,18,19). The maximum atomic E-state index is 11.9. The molecule has 0 fully saturated rings. The van der Waals surface area contributed by atoms with E-state index in [2.05, 4.69) is 5.32 Å². The van der Waals surface area contributed by atoms with Gasteiger partial charge < -0.3 is 20.6 Å². The number of amides is 1. The van der Waals surface area contributed by atoms with Gasteiger partial charge in [0.15, 0.2) is 6.04 Å². The molecule has 0 aliphatic heterocycles. The molecule has 0 heterocycles. The number of rotatable bonds is 4. The molecular weight excluding hydrogens is 480 g/mol. The van der Waals surface area contributed by atoms with Gasteiger partial charge in [0.2, 0.25) is 0 Å². The lowest BCUT2D eigenvalue weighted by Gasteiger charge is -2.17. The second-order valence-electron chi connectivity index (χ2n) is 3.81. The van der Waals surface area contributed by atoms with Crippen molar-refractivity contribution in [2.24, 2.45) is 0 Å². The molecule has 0 radical (unpaired) electrons. The zero-order valence-corrected chi connectivity index (χ0v) is 14.0. The van der Waals surface area contributed by atoms with Crippen molar-refractivity contribution in [2.75, 3.05) is 0 Å². The van der Waals surface area contributed by atoms with Gasteiger partial charge in [0.05, 0.1) is 15.2 Å². The molecule has 0 saturated heterocycles. The Morgan fingerprint density at radius 3 is 2.37 bits per heavy atom. The van der Waals surface area contributed by atoms with Gasteiger partial charge in [0.25, 0.3) is 5.91 Å². The van der Waals surface area contributed by atoms with E-state index in [1.165, 1.54) is 13.0 Å². The first-order valence-corrected chi connectivity index (χ1v) is 7.29. The van der Waals surface area contributed by atoms with Crippen LogP contribution in [0.4, 0.5) is 0 Å². The normalized spacial score (nSPS) is 13.7. The largest absolute Gasteiger partial charge is 0.506 e. The molecule has 19 heavy (non-hydrogen) atoms. The number of hydrogen-bond acceptors (Lipinski definition) is 4. The van der Waals surface area contributed by atoms with Gasteiger partial charge in [-0.1, -0.05) is 0 Å². The van der Waals surface area contributed by atoms with E-state index in [0.29, 0.717) is 3.57 Å². The Morgan fingerprint density at radius 2 is 1.89 bits per heavy atom. The number of carboxylic acids is 1. The van der Waals surface area contributed by atoms with E-state index >= 15 is 0 Å². The first-order chi connectivity index (χ1) is 8.73. The summed E-state index contributed by atoms with van der Waals surface area (Å²) in [4.78, 5) is 22.8. The monoisotopic (exact) mass is 491 g/mol. The van der Waals surface area contributed by atoms with E-state index in [4.69, 9.17) is 5.11 Å². The molecule has 8 heteroatoms. The highest BCUT2D eigenvalue weighted by Crippen LogP contribution is 2.27. The molecular formula is C11H11I2NO5. The van der Waals surface area contributed by atoms with Crippen LogP contribution in [-0.2, 0) is 4.79 Å². The number of phenolic OH excluding ortho intramolecular Hbond substituents is 1. The lowest BCUT2D eigenvalue weighted by molar-refractivity contribution is -0.141. The molecule has 0 aliphatic rings. The summed E-state index contributed by atoms with van der Waals surface area (Å²) in [6, 6.07) is 1.69. The summed E-state index contributed by atoms with van der Waals surface area (Å²) in [7, 11) is 0. The SMILES string of the molecule is CC(O)C(NC(=O)c1cc(I)cc(I)c1O)C(=O)O. The first kappa shape index (κ1) is 16.4. The third-order valence-electron chi connectivity index (χ3n) is 2.31. The van der Waals surface area contributed by atoms with E-state index < -0.39 is 24.0 Å². The predicted octanol–water partition coefficient (Wildman–Crippen LogP) is 1.17. The van der Waals surface area contributed by atoms with Crippen LogP contribution >= 0.6 is 45.2 Å². The highest BCUT2D eigenvalue weighted by atomic mass is 127. The maximum Gasteiger partial charge on any atom is 0.328 e. The van der Waals surface area contributed by atoms with E-state index in [-0.39, 0.29) is 11.3 Å². The first-order valence-electron chi connectivity index (χ1n) is 5.13. The van der Waals surface area contributed by atoms with Crippen molar-refractivity contribution in [3.05, 3.63) is 24.8 Å². The third kappa shape index (κ3) is 4.18. The van der Waals surface area contributed by atoms with Gasteiger partial charge in [-0.25, -0.2) is 4.79 Å². The zero-order chi connectivity index (χ0) is 14.7. The Balaban J connectivity index is 3.04. The van der Waals surface area contributed by atoms with E-state index in [9.17, 15) is 19.8 Å². The lowest BCUT2D eigenvalue weighted by atomic mass is 10.1. The molecule has 0 aliphatic carbocycles. The smallest absolute Gasteiger partial charge is 0.328 e. The predicted molar refractivity (Wildman–Crippen MR) is 84.1 cm³/mol. The van der Waals surface area contributed by atoms with E-state index in [0.717, 1.165) is 3.57 Å². The number of nitrogens with one attached hydrogen (secondary N) is 1. The molecule has 104 valence electrons. The van der Waals surface area contributed by atoms with Crippen LogP contribution in [0, 0.1) is 7.14 Å². The van der Waals surface area contributed by atoms with Crippen molar-refractivity contribution in [1.29, 1.82) is 0 Å². The number of aromatic hydroxyl groups is 1. The van der Waals surface area contributed by atoms with Crippen molar-refractivity contribution in [3.8, 4) is 5.75 Å². The number of carbonyl (C=O) groups excluding carboxylic acids is 1. The van der Waals surface area contributed by atoms with Crippen molar-refractivity contribution >= 4 is 57.1 Å². The van der Waals surface area contributed by atoms with Crippen LogP contribution < -0.4 is 5.32 Å². The number of hydrogen-bond donors (Lipinski definition) is 4. The molecule has 0 bridgehead atoms. The molecule has 4 N–H and O–H groups in total. The fourth-order valence-corrected chi connectivity index (χ4v) is 3.19. The second-order valence-corrected chi connectivity index (χ2v) is 6.22. The van der Waals surface area contributed by atoms with Gasteiger partial charge in [0, 0.05) is 3.57 Å². The van der Waals surface area contributed by atoms with Crippen LogP contribution in [0.25, 0.3) is 0 Å². The molecule has 0 aromatic heterocycles. The topological polar surface area (TPSA) is 107 Å². The molecule has 1 amide bonds. The van der Waals surface area contributed by atoms with Gasteiger partial charge in [-0.2, -0.15) is 0 Å². The summed E-state index contributed by atoms with van der Waals surface area (Å²) < 4.78 is 1.22. The molecule has 1 rings (SSSR count). The van der Waals surface area contributed by atoms with Crippen molar-refractivity contribution in [2.45, 2.75) is 19.1 Å². The number of phenols is 1. The van der Waals surface area contributed by atoms with Gasteiger partial charge in [-0.3, -0.25) is 4.79 Å². The molecule has 6 nitrogen and oxygen atoms in total. The molecule has 1 aromatic carbocycles. The molecule has 0 spiro atoms. The van der Waals surface area contributed by atoms with Crippen LogP contribution in [0.2, 0.25) is 0 Å². The van der Waals surface area contributed by atoms with Gasteiger partial charge in [0.1, 0.15) is 5.75 Å². The Morgan fingerprint density at radius 1 is 1.32 bits per heavy atom. The Hall–Kier alpha value is -0.620. The van der Waals surface area contributed by atoms with Crippen molar-refractivity contribution < 1.29 is 24.9 Å². The molecule has 1 aromatic rings. The fraction of sp³-hybridized carbons (Fsp3) is 0.273. The van der Waals surface area contributed by atoms with Crippen molar-refractivity contribution in [3.63, 3.8) is 0 Å². The van der Waals surface area contributed by atoms with E-state index in [1.54, 1.807) is 6.07 Å². The second kappa shape index (κ2) is 6.70. The van der Waals surface area contributed by atoms with Crippen LogP contribution in [-0.4, -0.2) is 39.3 Å². The summed E-state index contributed by atoms with van der Waals surface area (Å²) in [5.41, 5.74) is -0.0248.